The first-order chi connectivity index (χ1) is 9.06. The minimum atomic E-state index is -0.447. The summed E-state index contributed by atoms with van der Waals surface area (Å²) in [4.78, 5) is 18.2. The number of nitrogens with zero attached hydrogens (tertiary/aromatic N) is 1. The summed E-state index contributed by atoms with van der Waals surface area (Å²) in [6, 6.07) is 3.73. The van der Waals surface area contributed by atoms with Gasteiger partial charge < -0.3 is 11.1 Å². The summed E-state index contributed by atoms with van der Waals surface area (Å²) in [6.07, 6.45) is 0.826. The topological polar surface area (TPSA) is 68.0 Å². The Balaban J connectivity index is 0.00000200. The number of aromatic nitrogens is 1. The van der Waals surface area contributed by atoms with Crippen molar-refractivity contribution in [1.29, 1.82) is 0 Å². The average Bonchev–Trinajstić information content (AvgIpc) is 2.97. The molecular weight excluding hydrogens is 314 g/mol. The van der Waals surface area contributed by atoms with Crippen molar-refractivity contribution in [2.45, 2.75) is 26.3 Å². The highest BCUT2D eigenvalue weighted by Crippen LogP contribution is 2.29. The van der Waals surface area contributed by atoms with Crippen LogP contribution in [0.1, 0.15) is 16.8 Å². The van der Waals surface area contributed by atoms with Crippen molar-refractivity contribution in [3.05, 3.63) is 27.4 Å². The third-order valence-corrected chi connectivity index (χ3v) is 4.56. The summed E-state index contributed by atoms with van der Waals surface area (Å²) in [7, 11) is 0. The molecule has 0 fully saturated rings. The molecule has 0 unspecified atom stereocenters. The Morgan fingerprint density at radius 1 is 1.50 bits per heavy atom. The van der Waals surface area contributed by atoms with E-state index in [1.54, 1.807) is 29.6 Å². The molecule has 110 valence electrons. The number of thiophene rings is 1. The minimum Gasteiger partial charge on any atom is -0.354 e. The van der Waals surface area contributed by atoms with Crippen LogP contribution in [0.25, 0.3) is 10.6 Å². The summed E-state index contributed by atoms with van der Waals surface area (Å²) in [5, 5.41) is 5.96. The Morgan fingerprint density at radius 3 is 2.85 bits per heavy atom. The van der Waals surface area contributed by atoms with Gasteiger partial charge in [0, 0.05) is 16.8 Å². The van der Waals surface area contributed by atoms with Crippen LogP contribution in [0.4, 0.5) is 0 Å². The van der Waals surface area contributed by atoms with Crippen molar-refractivity contribution in [1.82, 2.24) is 10.3 Å². The second-order valence-electron chi connectivity index (χ2n) is 4.35. The number of rotatable bonds is 5. The van der Waals surface area contributed by atoms with Crippen molar-refractivity contribution in [2.75, 3.05) is 6.54 Å². The monoisotopic (exact) mass is 331 g/mol. The number of hydrogen-bond acceptors (Lipinski definition) is 5. The first-order valence-corrected chi connectivity index (χ1v) is 7.80. The lowest BCUT2D eigenvalue weighted by Gasteiger charge is -2.06. The maximum atomic E-state index is 11.3. The standard InChI is InChI=1S/C13H17N3OS2.ClH/c1-8(14)13(17)15-6-5-10-3-4-12(19-10)11-7-18-9(2)16-11;/h3-4,7-8H,5-6,14H2,1-2H3,(H,15,17);1H/t8-;/m1./s1. The highest BCUT2D eigenvalue weighted by Gasteiger charge is 2.08. The molecule has 1 atom stereocenters. The third-order valence-electron chi connectivity index (χ3n) is 2.62. The Morgan fingerprint density at radius 2 is 2.25 bits per heavy atom. The van der Waals surface area contributed by atoms with Crippen molar-refractivity contribution < 1.29 is 4.79 Å². The fraction of sp³-hybridized carbons (Fsp3) is 0.385. The molecule has 2 heterocycles. The van der Waals surface area contributed by atoms with Gasteiger partial charge in [0.2, 0.25) is 5.91 Å². The van der Waals surface area contributed by atoms with Crippen LogP contribution in [0.3, 0.4) is 0 Å². The smallest absolute Gasteiger partial charge is 0.236 e. The van der Waals surface area contributed by atoms with E-state index in [1.165, 1.54) is 9.75 Å². The number of thiazole rings is 1. The molecule has 0 bridgehead atoms. The van der Waals surface area contributed by atoms with Gasteiger partial charge in [-0.1, -0.05) is 0 Å². The second-order valence-corrected chi connectivity index (χ2v) is 6.58. The highest BCUT2D eigenvalue weighted by atomic mass is 35.5. The molecule has 0 aliphatic carbocycles. The first-order valence-electron chi connectivity index (χ1n) is 6.11. The van der Waals surface area contributed by atoms with Gasteiger partial charge in [0.15, 0.2) is 0 Å². The second kappa shape index (κ2) is 7.73. The number of amides is 1. The molecular formula is C13H18ClN3OS2. The van der Waals surface area contributed by atoms with Crippen LogP contribution in [0.2, 0.25) is 0 Å². The zero-order valence-electron chi connectivity index (χ0n) is 11.4. The van der Waals surface area contributed by atoms with E-state index < -0.39 is 6.04 Å². The van der Waals surface area contributed by atoms with Gasteiger partial charge in [0.05, 0.1) is 21.6 Å². The molecule has 20 heavy (non-hydrogen) atoms. The van der Waals surface area contributed by atoms with Gasteiger partial charge >= 0.3 is 0 Å². The quantitative estimate of drug-likeness (QED) is 0.885. The van der Waals surface area contributed by atoms with Gasteiger partial charge in [-0.15, -0.1) is 35.1 Å². The number of hydrogen-bond donors (Lipinski definition) is 2. The lowest BCUT2D eigenvalue weighted by Crippen LogP contribution is -2.39. The van der Waals surface area contributed by atoms with Crippen LogP contribution in [-0.2, 0) is 11.2 Å². The van der Waals surface area contributed by atoms with Gasteiger partial charge in [-0.05, 0) is 32.4 Å². The molecule has 4 nitrogen and oxygen atoms in total. The molecule has 7 heteroatoms. The lowest BCUT2D eigenvalue weighted by molar-refractivity contribution is -0.121. The predicted octanol–water partition coefficient (Wildman–Crippen LogP) is 2.61. The Hall–Kier alpha value is -0.950. The fourth-order valence-electron chi connectivity index (χ4n) is 1.60. The maximum absolute atomic E-state index is 11.3. The Bertz CT molecular complexity index is 565. The summed E-state index contributed by atoms with van der Waals surface area (Å²) in [5.41, 5.74) is 6.52. The van der Waals surface area contributed by atoms with Crippen LogP contribution < -0.4 is 11.1 Å². The van der Waals surface area contributed by atoms with E-state index in [0.717, 1.165) is 17.1 Å². The zero-order valence-corrected chi connectivity index (χ0v) is 13.8. The predicted molar refractivity (Wildman–Crippen MR) is 87.8 cm³/mol. The number of aryl methyl sites for hydroxylation is 1. The number of nitrogens with one attached hydrogen (secondary N) is 1. The van der Waals surface area contributed by atoms with Crippen molar-refractivity contribution in [3.8, 4) is 10.6 Å². The van der Waals surface area contributed by atoms with Gasteiger partial charge in [-0.25, -0.2) is 4.98 Å². The number of halogens is 1. The molecule has 0 radical (unpaired) electrons. The van der Waals surface area contributed by atoms with Crippen molar-refractivity contribution in [3.63, 3.8) is 0 Å². The normalized spacial score (nSPS) is 11.8. The molecule has 2 aromatic heterocycles. The first kappa shape index (κ1) is 17.1. The van der Waals surface area contributed by atoms with E-state index in [0.29, 0.717) is 6.54 Å². The lowest BCUT2D eigenvalue weighted by atomic mass is 10.3. The van der Waals surface area contributed by atoms with E-state index in [1.807, 2.05) is 6.92 Å². The molecule has 2 aromatic rings. The molecule has 1 amide bonds. The highest BCUT2D eigenvalue weighted by molar-refractivity contribution is 7.16. The Kier molecular flexibility index (Phi) is 6.61. The number of nitrogens with two attached hydrogens (primary N) is 1. The van der Waals surface area contributed by atoms with Gasteiger partial charge in [0.25, 0.3) is 0 Å². The maximum Gasteiger partial charge on any atom is 0.236 e. The molecule has 0 saturated heterocycles. The minimum absolute atomic E-state index is 0. The van der Waals surface area contributed by atoms with Crippen molar-refractivity contribution >= 4 is 41.0 Å². The third kappa shape index (κ3) is 4.56. The number of carbonyl (C=O) groups excluding carboxylic acids is 1. The van der Waals surface area contributed by atoms with Crippen LogP contribution >= 0.6 is 35.1 Å². The summed E-state index contributed by atoms with van der Waals surface area (Å²) in [6.45, 7) is 4.31. The molecule has 0 saturated carbocycles. The van der Waals surface area contributed by atoms with E-state index in [9.17, 15) is 4.79 Å². The van der Waals surface area contributed by atoms with Crippen LogP contribution in [0.15, 0.2) is 17.5 Å². The van der Waals surface area contributed by atoms with Gasteiger partial charge in [0.1, 0.15) is 0 Å². The molecule has 0 aliphatic heterocycles. The van der Waals surface area contributed by atoms with E-state index >= 15 is 0 Å². The fourth-order valence-corrected chi connectivity index (χ4v) is 3.25. The molecule has 0 aromatic carbocycles. The molecule has 3 N–H and O–H groups in total. The van der Waals surface area contributed by atoms with E-state index in [2.05, 4.69) is 27.8 Å². The molecule has 2 rings (SSSR count). The van der Waals surface area contributed by atoms with Crippen LogP contribution in [0, 0.1) is 6.92 Å². The van der Waals surface area contributed by atoms with Crippen molar-refractivity contribution in [2.24, 2.45) is 5.73 Å². The Labute approximate surface area is 132 Å². The van der Waals surface area contributed by atoms with Gasteiger partial charge in [-0.3, -0.25) is 4.79 Å². The average molecular weight is 332 g/mol. The molecule has 0 spiro atoms. The van der Waals surface area contributed by atoms with E-state index in [4.69, 9.17) is 5.73 Å². The molecule has 0 aliphatic rings. The summed E-state index contributed by atoms with van der Waals surface area (Å²) >= 11 is 3.38. The summed E-state index contributed by atoms with van der Waals surface area (Å²) < 4.78 is 0. The largest absolute Gasteiger partial charge is 0.354 e. The van der Waals surface area contributed by atoms with Gasteiger partial charge in [-0.2, -0.15) is 0 Å². The van der Waals surface area contributed by atoms with E-state index in [-0.39, 0.29) is 18.3 Å². The number of carbonyl (C=O) groups is 1. The summed E-state index contributed by atoms with van der Waals surface area (Å²) in [5.74, 6) is -0.105. The van der Waals surface area contributed by atoms with Crippen LogP contribution in [0.5, 0.6) is 0 Å². The SMILES string of the molecule is Cc1nc(-c2ccc(CCNC(=O)[C@@H](C)N)s2)cs1.Cl. The zero-order chi connectivity index (χ0) is 13.8. The van der Waals surface area contributed by atoms with Crippen LogP contribution in [-0.4, -0.2) is 23.5 Å².